The molecular weight excluding hydrogens is 619 g/mol. The Kier molecular flexibility index (Phi) is 11.3. The summed E-state index contributed by atoms with van der Waals surface area (Å²) < 4.78 is 22.9. The quantitative estimate of drug-likeness (QED) is 0.163. The number of carbonyl (C=O) groups is 5. The zero-order chi connectivity index (χ0) is 33.5. The lowest BCUT2D eigenvalue weighted by Gasteiger charge is -2.44. The summed E-state index contributed by atoms with van der Waals surface area (Å²) in [6.07, 6.45) is 1.48. The van der Waals surface area contributed by atoms with E-state index in [9.17, 15) is 38.3 Å². The first kappa shape index (κ1) is 34.8. The van der Waals surface area contributed by atoms with Crippen molar-refractivity contribution in [3.8, 4) is 0 Å². The summed E-state index contributed by atoms with van der Waals surface area (Å²) in [6.45, 7) is 0.790. The lowest BCUT2D eigenvalue weighted by molar-refractivity contribution is -0.141. The van der Waals surface area contributed by atoms with E-state index in [4.69, 9.17) is 0 Å². The van der Waals surface area contributed by atoms with Crippen LogP contribution in [0.3, 0.4) is 0 Å². The SMILES string of the molecule is COC(=O)CCNC(=O)c1ccc(C2CCN(C(=O)[C@@H]3CCCN3)C2(c2ccc(C(=O)NCCC(=O)OC)cc2)P(=O)(O)O)cc1. The molecule has 2 aromatic carbocycles. The second-order valence-corrected chi connectivity index (χ2v) is 12.9. The summed E-state index contributed by atoms with van der Waals surface area (Å²) in [4.78, 5) is 85.6. The van der Waals surface area contributed by atoms with Gasteiger partial charge >= 0.3 is 19.5 Å². The molecule has 248 valence electrons. The topological polar surface area (TPSA) is 201 Å². The van der Waals surface area contributed by atoms with E-state index in [0.717, 1.165) is 6.42 Å². The number of benzene rings is 2. The Morgan fingerprint density at radius 3 is 1.85 bits per heavy atom. The molecule has 0 bridgehead atoms. The number of methoxy groups -OCH3 is 2. The number of hydrogen-bond acceptors (Lipinski definition) is 9. The van der Waals surface area contributed by atoms with E-state index in [2.05, 4.69) is 25.4 Å². The van der Waals surface area contributed by atoms with Crippen LogP contribution in [0.2, 0.25) is 0 Å². The van der Waals surface area contributed by atoms with Crippen LogP contribution in [-0.4, -0.2) is 90.8 Å². The zero-order valence-corrected chi connectivity index (χ0v) is 26.6. The third kappa shape index (κ3) is 7.31. The van der Waals surface area contributed by atoms with Crippen LogP contribution in [-0.2, 0) is 33.7 Å². The van der Waals surface area contributed by atoms with Crippen LogP contribution in [0, 0.1) is 0 Å². The average Bonchev–Trinajstić information content (AvgIpc) is 3.74. The Hall–Kier alpha value is -4.10. The van der Waals surface area contributed by atoms with Crippen LogP contribution in [0.4, 0.5) is 0 Å². The maximum absolute atomic E-state index is 13.9. The lowest BCUT2D eigenvalue weighted by Crippen LogP contribution is -2.52. The van der Waals surface area contributed by atoms with Crippen molar-refractivity contribution in [3.63, 3.8) is 0 Å². The first-order valence-electron chi connectivity index (χ1n) is 14.9. The van der Waals surface area contributed by atoms with Gasteiger partial charge in [0, 0.05) is 36.7 Å². The maximum atomic E-state index is 13.9. The van der Waals surface area contributed by atoms with E-state index >= 15 is 0 Å². The first-order valence-corrected chi connectivity index (χ1v) is 16.6. The summed E-state index contributed by atoms with van der Waals surface area (Å²) in [5.74, 6) is -3.17. The van der Waals surface area contributed by atoms with Gasteiger partial charge in [0.1, 0.15) is 0 Å². The third-order valence-electron chi connectivity index (χ3n) is 8.44. The minimum atomic E-state index is -5.17. The molecule has 2 aromatic rings. The van der Waals surface area contributed by atoms with Crippen molar-refractivity contribution in [2.45, 2.75) is 49.3 Å². The number of carbonyl (C=O) groups excluding carboxylic acids is 5. The van der Waals surface area contributed by atoms with Crippen molar-refractivity contribution >= 4 is 37.3 Å². The average molecular weight is 659 g/mol. The maximum Gasteiger partial charge on any atom is 0.356 e. The fourth-order valence-electron chi connectivity index (χ4n) is 6.16. The number of hydrogen-bond donors (Lipinski definition) is 5. The van der Waals surface area contributed by atoms with E-state index in [1.807, 2.05) is 0 Å². The predicted molar refractivity (Wildman–Crippen MR) is 165 cm³/mol. The Morgan fingerprint density at radius 2 is 1.39 bits per heavy atom. The molecule has 2 fully saturated rings. The number of rotatable bonds is 12. The van der Waals surface area contributed by atoms with Crippen molar-refractivity contribution in [1.29, 1.82) is 0 Å². The van der Waals surface area contributed by atoms with Gasteiger partial charge in [0.05, 0.1) is 33.1 Å². The monoisotopic (exact) mass is 658 g/mol. The van der Waals surface area contributed by atoms with Crippen molar-refractivity contribution in [1.82, 2.24) is 20.9 Å². The second-order valence-electron chi connectivity index (χ2n) is 11.1. The molecule has 3 atom stereocenters. The number of esters is 2. The number of ether oxygens (including phenoxy) is 2. The molecule has 0 aromatic heterocycles. The minimum absolute atomic E-state index is 0.000852. The zero-order valence-electron chi connectivity index (χ0n) is 25.7. The van der Waals surface area contributed by atoms with Crippen LogP contribution in [0.5, 0.6) is 0 Å². The van der Waals surface area contributed by atoms with E-state index in [1.54, 1.807) is 12.1 Å². The van der Waals surface area contributed by atoms with E-state index < -0.39 is 54.5 Å². The molecule has 0 saturated carbocycles. The van der Waals surface area contributed by atoms with Crippen LogP contribution >= 0.6 is 7.60 Å². The molecule has 2 aliphatic rings. The van der Waals surface area contributed by atoms with Gasteiger partial charge in [-0.2, -0.15) is 0 Å². The van der Waals surface area contributed by atoms with Crippen LogP contribution in [0.15, 0.2) is 48.5 Å². The van der Waals surface area contributed by atoms with Gasteiger partial charge in [0.25, 0.3) is 11.8 Å². The number of nitrogens with one attached hydrogen (secondary N) is 3. The van der Waals surface area contributed by atoms with E-state index in [-0.39, 0.29) is 55.6 Å². The standard InChI is InChI=1S/C31H39N4O10P/c1-44-26(36)13-17-33-28(38)21-7-5-20(6-8-21)24-15-19-35(30(40)25-4-3-16-32-25)31(24,46(41,42)43)23-11-9-22(10-12-23)29(39)34-18-14-27(37)45-2/h5-12,24-25,32H,3-4,13-19H2,1-2H3,(H,33,38)(H,34,39)(H2,41,42,43)/t24?,25-,31?/m0/s1. The largest absolute Gasteiger partial charge is 0.469 e. The molecule has 2 unspecified atom stereocenters. The number of nitrogens with zero attached hydrogens (tertiary/aromatic N) is 1. The normalized spacial score (nSPS) is 21.0. The van der Waals surface area contributed by atoms with Gasteiger partial charge in [0.2, 0.25) is 5.91 Å². The summed E-state index contributed by atoms with van der Waals surface area (Å²) in [5, 5.41) is 6.26. The molecular formula is C31H39N4O10P. The fraction of sp³-hybridized carbons (Fsp3) is 0.452. The molecule has 0 radical (unpaired) electrons. The Bertz CT molecular complexity index is 1490. The van der Waals surface area contributed by atoms with Crippen molar-refractivity contribution in [3.05, 3.63) is 70.8 Å². The second kappa shape index (κ2) is 15.0. The molecule has 46 heavy (non-hydrogen) atoms. The Labute approximate surface area is 266 Å². The highest BCUT2D eigenvalue weighted by atomic mass is 31.2. The summed E-state index contributed by atoms with van der Waals surface area (Å²) in [6, 6.07) is 11.4. The van der Waals surface area contributed by atoms with Crippen molar-refractivity contribution in [2.75, 3.05) is 40.4 Å². The highest BCUT2D eigenvalue weighted by Crippen LogP contribution is 2.68. The summed E-state index contributed by atoms with van der Waals surface area (Å²) in [7, 11) is -2.67. The molecule has 0 aliphatic carbocycles. The van der Waals surface area contributed by atoms with Crippen LogP contribution in [0.25, 0.3) is 0 Å². The lowest BCUT2D eigenvalue weighted by atomic mass is 9.85. The summed E-state index contributed by atoms with van der Waals surface area (Å²) in [5.41, 5.74) is 1.14. The van der Waals surface area contributed by atoms with Crippen molar-refractivity contribution in [2.24, 2.45) is 0 Å². The highest BCUT2D eigenvalue weighted by molar-refractivity contribution is 7.53. The van der Waals surface area contributed by atoms with Gasteiger partial charge < -0.3 is 40.1 Å². The minimum Gasteiger partial charge on any atom is -0.469 e. The predicted octanol–water partition coefficient (Wildman–Crippen LogP) is 1.37. The molecule has 0 spiro atoms. The van der Waals surface area contributed by atoms with Gasteiger partial charge in [0.15, 0.2) is 5.28 Å². The molecule has 15 heteroatoms. The fourth-order valence-corrected chi connectivity index (χ4v) is 7.84. The van der Waals surface area contributed by atoms with Gasteiger partial charge in [-0.15, -0.1) is 0 Å². The van der Waals surface area contributed by atoms with Gasteiger partial charge in [-0.05, 0) is 61.2 Å². The van der Waals surface area contributed by atoms with Crippen LogP contribution < -0.4 is 16.0 Å². The first-order chi connectivity index (χ1) is 21.9. The molecule has 2 aliphatic heterocycles. The summed E-state index contributed by atoms with van der Waals surface area (Å²) >= 11 is 0. The number of amides is 3. The van der Waals surface area contributed by atoms with Crippen molar-refractivity contribution < 1.29 is 47.8 Å². The van der Waals surface area contributed by atoms with Crippen LogP contribution in [0.1, 0.15) is 69.9 Å². The van der Waals surface area contributed by atoms with Gasteiger partial charge in [-0.3, -0.25) is 28.5 Å². The molecule has 3 amide bonds. The molecule has 5 N–H and O–H groups in total. The molecule has 14 nitrogen and oxygen atoms in total. The number of likely N-dealkylation sites (tertiary alicyclic amines) is 1. The smallest absolute Gasteiger partial charge is 0.356 e. The molecule has 2 saturated heterocycles. The van der Waals surface area contributed by atoms with Gasteiger partial charge in [-0.1, -0.05) is 24.3 Å². The highest BCUT2D eigenvalue weighted by Gasteiger charge is 2.63. The van der Waals surface area contributed by atoms with E-state index in [0.29, 0.717) is 18.5 Å². The van der Waals surface area contributed by atoms with E-state index in [1.165, 1.54) is 55.5 Å². The Balaban J connectivity index is 1.68. The Morgan fingerprint density at radius 1 is 0.870 bits per heavy atom. The molecule has 2 heterocycles. The van der Waals surface area contributed by atoms with Gasteiger partial charge in [-0.25, -0.2) is 0 Å². The molecule has 4 rings (SSSR count). The third-order valence-corrected chi connectivity index (χ3v) is 10.1.